The Labute approximate surface area is 81.4 Å². The summed E-state index contributed by atoms with van der Waals surface area (Å²) in [5.74, 6) is 0.413. The van der Waals surface area contributed by atoms with E-state index in [0.717, 1.165) is 17.5 Å². The molecule has 0 aliphatic carbocycles. The summed E-state index contributed by atoms with van der Waals surface area (Å²) >= 11 is 0. The Kier molecular flexibility index (Phi) is 2.08. The van der Waals surface area contributed by atoms with E-state index in [4.69, 9.17) is 4.42 Å². The minimum absolute atomic E-state index is 0.287. The molecule has 3 heteroatoms. The zero-order valence-corrected chi connectivity index (χ0v) is 8.20. The lowest BCUT2D eigenvalue weighted by molar-refractivity contribution is 0.466. The first-order valence-corrected chi connectivity index (χ1v) is 4.61. The van der Waals surface area contributed by atoms with E-state index in [-0.39, 0.29) is 5.63 Å². The summed E-state index contributed by atoms with van der Waals surface area (Å²) in [6.45, 7) is 3.69. The van der Waals surface area contributed by atoms with Gasteiger partial charge in [-0.2, -0.15) is 0 Å². The Morgan fingerprint density at radius 3 is 2.93 bits per heavy atom. The minimum atomic E-state index is -0.287. The molecule has 0 N–H and O–H groups in total. The molecule has 3 nitrogen and oxygen atoms in total. The molecule has 14 heavy (non-hydrogen) atoms. The van der Waals surface area contributed by atoms with Crippen molar-refractivity contribution in [3.05, 3.63) is 40.1 Å². The molecule has 2 aromatic rings. The number of hydrogen-bond donors (Lipinski definition) is 0. The lowest BCUT2D eigenvalue weighted by Crippen LogP contribution is -2.05. The predicted molar refractivity (Wildman–Crippen MR) is 54.4 cm³/mol. The quantitative estimate of drug-likeness (QED) is 0.689. The van der Waals surface area contributed by atoms with Crippen molar-refractivity contribution in [2.45, 2.75) is 20.3 Å². The van der Waals surface area contributed by atoms with Crippen molar-refractivity contribution in [2.24, 2.45) is 0 Å². The van der Waals surface area contributed by atoms with Gasteiger partial charge in [-0.25, -0.2) is 9.78 Å². The summed E-state index contributed by atoms with van der Waals surface area (Å²) in [4.78, 5) is 15.8. The Morgan fingerprint density at radius 1 is 1.43 bits per heavy atom. The second kappa shape index (κ2) is 3.25. The van der Waals surface area contributed by atoms with Gasteiger partial charge < -0.3 is 4.42 Å². The fourth-order valence-corrected chi connectivity index (χ4v) is 1.59. The van der Waals surface area contributed by atoms with Gasteiger partial charge in [0.15, 0.2) is 5.89 Å². The maximum Gasteiger partial charge on any atom is 0.347 e. The zero-order valence-electron chi connectivity index (χ0n) is 8.20. The highest BCUT2D eigenvalue weighted by molar-refractivity contribution is 5.80. The highest BCUT2D eigenvalue weighted by atomic mass is 16.4. The van der Waals surface area contributed by atoms with E-state index in [1.165, 1.54) is 0 Å². The standard InChI is InChI=1S/C11H11NO2/c1-3-8-5-4-6-9-10(8)11(13)14-7(2)12-9/h4-6H,3H2,1-2H3. The second-order valence-electron chi connectivity index (χ2n) is 3.19. The van der Waals surface area contributed by atoms with Crippen LogP contribution in [0.2, 0.25) is 0 Å². The maximum atomic E-state index is 11.6. The van der Waals surface area contributed by atoms with E-state index in [2.05, 4.69) is 4.98 Å². The van der Waals surface area contributed by atoms with Crippen molar-refractivity contribution in [3.8, 4) is 0 Å². The summed E-state index contributed by atoms with van der Waals surface area (Å²) in [6.07, 6.45) is 0.812. The van der Waals surface area contributed by atoms with Crippen LogP contribution in [-0.4, -0.2) is 4.98 Å². The molecule has 0 saturated carbocycles. The monoisotopic (exact) mass is 189 g/mol. The van der Waals surface area contributed by atoms with Gasteiger partial charge in [0, 0.05) is 6.92 Å². The van der Waals surface area contributed by atoms with Crippen LogP contribution in [0.15, 0.2) is 27.4 Å². The predicted octanol–water partition coefficient (Wildman–Crippen LogP) is 2.06. The number of fused-ring (bicyclic) bond motifs is 1. The third kappa shape index (κ3) is 1.31. The molecular formula is C11H11NO2. The molecule has 0 atom stereocenters. The SMILES string of the molecule is CCc1cccc2nc(C)oc(=O)c12. The molecule has 72 valence electrons. The van der Waals surface area contributed by atoms with Gasteiger partial charge in [-0.3, -0.25) is 0 Å². The Hall–Kier alpha value is -1.64. The molecule has 2 rings (SSSR count). The average Bonchev–Trinajstić information content (AvgIpc) is 2.16. The molecule has 0 radical (unpaired) electrons. The molecule has 1 aromatic carbocycles. The van der Waals surface area contributed by atoms with E-state index >= 15 is 0 Å². The van der Waals surface area contributed by atoms with Crippen molar-refractivity contribution < 1.29 is 4.42 Å². The van der Waals surface area contributed by atoms with Gasteiger partial charge in [0.2, 0.25) is 0 Å². The number of benzene rings is 1. The van der Waals surface area contributed by atoms with Crippen LogP contribution in [0.25, 0.3) is 10.9 Å². The molecule has 0 bridgehead atoms. The molecule has 1 aromatic heterocycles. The molecule has 1 heterocycles. The topological polar surface area (TPSA) is 43.1 Å². The van der Waals surface area contributed by atoms with Gasteiger partial charge in [-0.15, -0.1) is 0 Å². The van der Waals surface area contributed by atoms with Gasteiger partial charge in [0.05, 0.1) is 10.9 Å². The van der Waals surface area contributed by atoms with Gasteiger partial charge in [0.1, 0.15) is 0 Å². The van der Waals surface area contributed by atoms with Crippen molar-refractivity contribution in [1.82, 2.24) is 4.98 Å². The molecule has 0 fully saturated rings. The molecule has 0 aliphatic rings. The zero-order chi connectivity index (χ0) is 10.1. The Morgan fingerprint density at radius 2 is 2.21 bits per heavy atom. The lowest BCUT2D eigenvalue weighted by atomic mass is 10.1. The van der Waals surface area contributed by atoms with Crippen molar-refractivity contribution in [1.29, 1.82) is 0 Å². The molecule has 0 spiro atoms. The second-order valence-corrected chi connectivity index (χ2v) is 3.19. The van der Waals surface area contributed by atoms with E-state index in [1.54, 1.807) is 6.92 Å². The van der Waals surface area contributed by atoms with Gasteiger partial charge in [-0.05, 0) is 18.1 Å². The fraction of sp³-hybridized carbons (Fsp3) is 0.273. The molecule has 0 saturated heterocycles. The summed E-state index contributed by atoms with van der Waals surface area (Å²) in [5, 5.41) is 0.612. The van der Waals surface area contributed by atoms with Crippen LogP contribution >= 0.6 is 0 Å². The largest absolute Gasteiger partial charge is 0.408 e. The molecule has 0 amide bonds. The fourth-order valence-electron chi connectivity index (χ4n) is 1.59. The van der Waals surface area contributed by atoms with Crippen LogP contribution in [0.4, 0.5) is 0 Å². The first-order valence-electron chi connectivity index (χ1n) is 4.61. The van der Waals surface area contributed by atoms with Crippen LogP contribution in [0.1, 0.15) is 18.4 Å². The minimum Gasteiger partial charge on any atom is -0.408 e. The summed E-state index contributed by atoms with van der Waals surface area (Å²) in [5.41, 5.74) is 1.42. The molecule has 0 aliphatic heterocycles. The third-order valence-electron chi connectivity index (χ3n) is 2.23. The third-order valence-corrected chi connectivity index (χ3v) is 2.23. The van der Waals surface area contributed by atoms with E-state index in [0.29, 0.717) is 11.3 Å². The number of hydrogen-bond acceptors (Lipinski definition) is 3. The number of aryl methyl sites for hydroxylation is 2. The van der Waals surface area contributed by atoms with Crippen LogP contribution in [-0.2, 0) is 6.42 Å². The van der Waals surface area contributed by atoms with E-state index in [9.17, 15) is 4.79 Å². The van der Waals surface area contributed by atoms with Crippen molar-refractivity contribution >= 4 is 10.9 Å². The lowest BCUT2D eigenvalue weighted by Gasteiger charge is -2.01. The Balaban J connectivity index is 2.94. The van der Waals surface area contributed by atoms with Crippen LogP contribution in [0.3, 0.4) is 0 Å². The number of nitrogens with zero attached hydrogens (tertiary/aromatic N) is 1. The maximum absolute atomic E-state index is 11.6. The van der Waals surface area contributed by atoms with Crippen molar-refractivity contribution in [3.63, 3.8) is 0 Å². The van der Waals surface area contributed by atoms with Gasteiger partial charge in [-0.1, -0.05) is 19.1 Å². The van der Waals surface area contributed by atoms with E-state index in [1.807, 2.05) is 25.1 Å². The van der Waals surface area contributed by atoms with Crippen LogP contribution < -0.4 is 5.63 Å². The molecular weight excluding hydrogens is 178 g/mol. The van der Waals surface area contributed by atoms with Crippen LogP contribution in [0.5, 0.6) is 0 Å². The number of aromatic nitrogens is 1. The summed E-state index contributed by atoms with van der Waals surface area (Å²) in [7, 11) is 0. The van der Waals surface area contributed by atoms with Gasteiger partial charge in [0.25, 0.3) is 0 Å². The molecule has 0 unspecified atom stereocenters. The van der Waals surface area contributed by atoms with Gasteiger partial charge >= 0.3 is 5.63 Å². The number of rotatable bonds is 1. The van der Waals surface area contributed by atoms with Crippen molar-refractivity contribution in [2.75, 3.05) is 0 Å². The average molecular weight is 189 g/mol. The van der Waals surface area contributed by atoms with E-state index < -0.39 is 0 Å². The Bertz CT molecular complexity index is 528. The van der Waals surface area contributed by atoms with Crippen LogP contribution in [0, 0.1) is 6.92 Å². The first-order chi connectivity index (χ1) is 6.72. The smallest absolute Gasteiger partial charge is 0.347 e. The summed E-state index contributed by atoms with van der Waals surface area (Å²) < 4.78 is 4.97. The summed E-state index contributed by atoms with van der Waals surface area (Å²) in [6, 6.07) is 5.67. The normalized spacial score (nSPS) is 10.7. The highest BCUT2D eigenvalue weighted by Gasteiger charge is 2.06. The first kappa shape index (κ1) is 8.94. The highest BCUT2D eigenvalue weighted by Crippen LogP contribution is 2.13.